The van der Waals surface area contributed by atoms with E-state index in [4.69, 9.17) is 9.15 Å². The maximum Gasteiger partial charge on any atom is 0.233 e. The number of carbonyl (C=O) groups excluding carboxylic acids is 1. The summed E-state index contributed by atoms with van der Waals surface area (Å²) in [6.07, 6.45) is 3.46. The first-order valence-corrected chi connectivity index (χ1v) is 9.49. The molecule has 5 heteroatoms. The summed E-state index contributed by atoms with van der Waals surface area (Å²) in [4.78, 5) is 14.8. The van der Waals surface area contributed by atoms with Crippen molar-refractivity contribution in [3.05, 3.63) is 60.1 Å². The predicted molar refractivity (Wildman–Crippen MR) is 95.7 cm³/mol. The highest BCUT2D eigenvalue weighted by Gasteiger charge is 2.26. The van der Waals surface area contributed by atoms with E-state index in [0.717, 1.165) is 37.6 Å². The number of nitrogens with zero attached hydrogens (tertiary/aromatic N) is 1. The molecule has 1 fully saturated rings. The summed E-state index contributed by atoms with van der Waals surface area (Å²) in [7, 11) is 0. The van der Waals surface area contributed by atoms with Crippen molar-refractivity contribution in [1.29, 1.82) is 0 Å². The summed E-state index contributed by atoms with van der Waals surface area (Å²) in [5.41, 5.74) is 1.25. The Bertz CT molecular complexity index is 609. The molecule has 4 nitrogen and oxygen atoms in total. The van der Waals surface area contributed by atoms with Crippen molar-refractivity contribution in [3.8, 4) is 0 Å². The third kappa shape index (κ3) is 4.89. The molecule has 0 saturated carbocycles. The van der Waals surface area contributed by atoms with Gasteiger partial charge in [0.25, 0.3) is 0 Å². The molecule has 2 heterocycles. The van der Waals surface area contributed by atoms with Crippen LogP contribution in [0.3, 0.4) is 0 Å². The van der Waals surface area contributed by atoms with E-state index in [1.54, 1.807) is 18.0 Å². The van der Waals surface area contributed by atoms with E-state index in [1.807, 2.05) is 35.2 Å². The van der Waals surface area contributed by atoms with Crippen LogP contribution in [0.1, 0.15) is 24.2 Å². The molecule has 1 amide bonds. The molecule has 0 atom stereocenters. The summed E-state index contributed by atoms with van der Waals surface area (Å²) in [5, 5.41) is 0. The number of hydrogen-bond acceptors (Lipinski definition) is 4. The molecule has 128 valence electrons. The monoisotopic (exact) mass is 345 g/mol. The molecular formula is C19H23NO3S. The standard InChI is InChI=1S/C19H23NO3S/c21-19(15-24-14-16-5-2-1-3-6-16)20(13-18-7-4-10-23-18)17-8-11-22-12-9-17/h1-7,10,17H,8-9,11-15H2. The van der Waals surface area contributed by atoms with Crippen molar-refractivity contribution in [2.24, 2.45) is 0 Å². The van der Waals surface area contributed by atoms with Crippen molar-refractivity contribution in [2.75, 3.05) is 19.0 Å². The molecule has 1 aromatic carbocycles. The number of hydrogen-bond donors (Lipinski definition) is 0. The number of thioether (sulfide) groups is 1. The van der Waals surface area contributed by atoms with Gasteiger partial charge in [-0.3, -0.25) is 4.79 Å². The van der Waals surface area contributed by atoms with Crippen LogP contribution in [-0.2, 0) is 21.8 Å². The van der Waals surface area contributed by atoms with Gasteiger partial charge in [0, 0.05) is 25.0 Å². The minimum Gasteiger partial charge on any atom is -0.467 e. The number of benzene rings is 1. The first-order valence-electron chi connectivity index (χ1n) is 8.34. The third-order valence-corrected chi connectivity index (χ3v) is 5.18. The Hall–Kier alpha value is -1.72. The van der Waals surface area contributed by atoms with E-state index < -0.39 is 0 Å². The molecule has 1 aliphatic rings. The van der Waals surface area contributed by atoms with Crippen LogP contribution in [0.2, 0.25) is 0 Å². The number of furan rings is 1. The third-order valence-electron chi connectivity index (χ3n) is 4.20. The van der Waals surface area contributed by atoms with Gasteiger partial charge in [0.2, 0.25) is 5.91 Å². The van der Waals surface area contributed by atoms with E-state index in [-0.39, 0.29) is 11.9 Å². The van der Waals surface area contributed by atoms with Crippen molar-refractivity contribution < 1.29 is 13.9 Å². The normalized spacial score (nSPS) is 15.3. The second kappa shape index (κ2) is 8.94. The maximum absolute atomic E-state index is 12.8. The minimum atomic E-state index is 0.180. The Kier molecular flexibility index (Phi) is 6.38. The lowest BCUT2D eigenvalue weighted by atomic mass is 10.1. The van der Waals surface area contributed by atoms with Crippen molar-refractivity contribution in [1.82, 2.24) is 4.90 Å². The Balaban J connectivity index is 1.57. The lowest BCUT2D eigenvalue weighted by Gasteiger charge is -2.33. The number of ether oxygens (including phenoxy) is 1. The SMILES string of the molecule is O=C(CSCc1ccccc1)N(Cc1ccco1)C1CCOCC1. The zero-order valence-electron chi connectivity index (χ0n) is 13.7. The molecule has 1 saturated heterocycles. The molecule has 24 heavy (non-hydrogen) atoms. The summed E-state index contributed by atoms with van der Waals surface area (Å²) >= 11 is 1.67. The molecule has 2 aromatic rings. The highest BCUT2D eigenvalue weighted by Crippen LogP contribution is 2.20. The van der Waals surface area contributed by atoms with Gasteiger partial charge in [0.15, 0.2) is 0 Å². The lowest BCUT2D eigenvalue weighted by molar-refractivity contribution is -0.133. The van der Waals surface area contributed by atoms with Crippen LogP contribution in [0, 0.1) is 0 Å². The molecule has 0 radical (unpaired) electrons. The number of amides is 1. The van der Waals surface area contributed by atoms with Gasteiger partial charge in [0.1, 0.15) is 5.76 Å². The predicted octanol–water partition coefficient (Wildman–Crippen LogP) is 3.72. The van der Waals surface area contributed by atoms with Gasteiger partial charge in [-0.2, -0.15) is 0 Å². The van der Waals surface area contributed by atoms with Crippen LogP contribution in [0.25, 0.3) is 0 Å². The van der Waals surface area contributed by atoms with E-state index in [1.165, 1.54) is 5.56 Å². The van der Waals surface area contributed by atoms with Crippen molar-refractivity contribution >= 4 is 17.7 Å². The molecule has 0 N–H and O–H groups in total. The van der Waals surface area contributed by atoms with Gasteiger partial charge < -0.3 is 14.1 Å². The average molecular weight is 345 g/mol. The average Bonchev–Trinajstić information content (AvgIpc) is 3.14. The van der Waals surface area contributed by atoms with Crippen LogP contribution >= 0.6 is 11.8 Å². The Labute approximate surface area is 147 Å². The number of rotatable bonds is 7. The quantitative estimate of drug-likeness (QED) is 0.767. The molecule has 0 unspecified atom stereocenters. The van der Waals surface area contributed by atoms with Gasteiger partial charge in [-0.25, -0.2) is 0 Å². The largest absolute Gasteiger partial charge is 0.467 e. The Morgan fingerprint density at radius 3 is 2.62 bits per heavy atom. The van der Waals surface area contributed by atoms with E-state index in [9.17, 15) is 4.79 Å². The highest BCUT2D eigenvalue weighted by molar-refractivity contribution is 7.99. The summed E-state index contributed by atoms with van der Waals surface area (Å²) in [5.74, 6) is 2.36. The highest BCUT2D eigenvalue weighted by atomic mass is 32.2. The smallest absolute Gasteiger partial charge is 0.233 e. The van der Waals surface area contributed by atoms with Gasteiger partial charge in [-0.15, -0.1) is 11.8 Å². The first-order chi connectivity index (χ1) is 11.8. The Morgan fingerprint density at radius 1 is 1.12 bits per heavy atom. The fourth-order valence-corrected chi connectivity index (χ4v) is 3.77. The molecule has 1 aromatic heterocycles. The van der Waals surface area contributed by atoms with E-state index in [0.29, 0.717) is 12.3 Å². The Morgan fingerprint density at radius 2 is 1.92 bits per heavy atom. The van der Waals surface area contributed by atoms with Gasteiger partial charge in [-0.1, -0.05) is 30.3 Å². The van der Waals surface area contributed by atoms with Crippen LogP contribution in [0.5, 0.6) is 0 Å². The molecule has 1 aliphatic heterocycles. The second-order valence-corrected chi connectivity index (χ2v) is 6.91. The molecule has 3 rings (SSSR count). The molecule has 0 bridgehead atoms. The summed E-state index contributed by atoms with van der Waals surface area (Å²) in [6, 6.07) is 14.3. The van der Waals surface area contributed by atoms with Crippen molar-refractivity contribution in [2.45, 2.75) is 31.2 Å². The van der Waals surface area contributed by atoms with Crippen molar-refractivity contribution in [3.63, 3.8) is 0 Å². The molecule has 0 spiro atoms. The van der Waals surface area contributed by atoms with Crippen LogP contribution < -0.4 is 0 Å². The van der Waals surface area contributed by atoms with Crippen LogP contribution in [0.15, 0.2) is 53.1 Å². The first kappa shape index (κ1) is 17.1. The fourth-order valence-electron chi connectivity index (χ4n) is 2.90. The zero-order valence-corrected chi connectivity index (χ0v) is 14.5. The van der Waals surface area contributed by atoms with E-state index >= 15 is 0 Å². The van der Waals surface area contributed by atoms with Gasteiger partial charge in [0.05, 0.1) is 18.6 Å². The van der Waals surface area contributed by atoms with Crippen LogP contribution in [0.4, 0.5) is 0 Å². The zero-order chi connectivity index (χ0) is 16.6. The van der Waals surface area contributed by atoms with E-state index in [2.05, 4.69) is 12.1 Å². The molecule has 0 aliphatic carbocycles. The lowest BCUT2D eigenvalue weighted by Crippen LogP contribution is -2.43. The fraction of sp³-hybridized carbons (Fsp3) is 0.421. The minimum absolute atomic E-state index is 0.180. The van der Waals surface area contributed by atoms with Gasteiger partial charge in [-0.05, 0) is 30.5 Å². The van der Waals surface area contributed by atoms with Crippen LogP contribution in [-0.4, -0.2) is 35.8 Å². The second-order valence-electron chi connectivity index (χ2n) is 5.92. The van der Waals surface area contributed by atoms with Gasteiger partial charge >= 0.3 is 0 Å². The maximum atomic E-state index is 12.8. The topological polar surface area (TPSA) is 42.7 Å². The summed E-state index contributed by atoms with van der Waals surface area (Å²) < 4.78 is 10.9. The number of carbonyl (C=O) groups is 1. The molecular weight excluding hydrogens is 322 g/mol. The summed E-state index contributed by atoms with van der Waals surface area (Å²) in [6.45, 7) is 2.00.